The number of nitrogens with zero attached hydrogens (tertiary/aromatic N) is 2. The van der Waals surface area contributed by atoms with Gasteiger partial charge in [-0.3, -0.25) is 4.72 Å². The third kappa shape index (κ3) is 4.48. The van der Waals surface area contributed by atoms with Gasteiger partial charge in [-0.2, -0.15) is 0 Å². The first-order valence-corrected chi connectivity index (χ1v) is 11.3. The van der Waals surface area contributed by atoms with Crippen LogP contribution in [0.2, 0.25) is 0 Å². The third-order valence-corrected chi connectivity index (χ3v) is 6.50. The van der Waals surface area contributed by atoms with Gasteiger partial charge in [0, 0.05) is 24.2 Å². The van der Waals surface area contributed by atoms with Crippen molar-refractivity contribution in [3.8, 4) is 0 Å². The Morgan fingerprint density at radius 3 is 2.62 bits per heavy atom. The van der Waals surface area contributed by atoms with Crippen LogP contribution >= 0.6 is 11.3 Å². The molecule has 2 heterocycles. The number of benzene rings is 2. The molecule has 4 rings (SSSR count). The van der Waals surface area contributed by atoms with E-state index < -0.39 is 22.0 Å². The van der Waals surface area contributed by atoms with Crippen LogP contribution in [0.15, 0.2) is 58.3 Å². The van der Waals surface area contributed by atoms with Crippen molar-refractivity contribution in [1.29, 1.82) is 0 Å². The summed E-state index contributed by atoms with van der Waals surface area (Å²) in [5.41, 5.74) is 3.36. The highest BCUT2D eigenvalue weighted by Crippen LogP contribution is 2.33. The van der Waals surface area contributed by atoms with E-state index in [1.165, 1.54) is 41.1 Å². The molecule has 1 saturated heterocycles. The molecule has 1 unspecified atom stereocenters. The molecule has 152 valence electrons. The number of halogens is 2. The lowest BCUT2D eigenvalue weighted by Crippen LogP contribution is -2.21. The van der Waals surface area contributed by atoms with Gasteiger partial charge in [0.25, 0.3) is 10.0 Å². The van der Waals surface area contributed by atoms with Crippen molar-refractivity contribution in [2.45, 2.75) is 17.5 Å². The van der Waals surface area contributed by atoms with Gasteiger partial charge in [0.05, 0.1) is 21.8 Å². The second-order valence-electron chi connectivity index (χ2n) is 6.62. The minimum atomic E-state index is -3.74. The first-order valence-electron chi connectivity index (χ1n) is 8.87. The molecule has 10 heteroatoms. The largest absolute Gasteiger partial charge is 0.367 e. The summed E-state index contributed by atoms with van der Waals surface area (Å²) in [5, 5.41) is 4.76. The predicted octanol–water partition coefficient (Wildman–Crippen LogP) is 4.37. The van der Waals surface area contributed by atoms with Gasteiger partial charge in [-0.05, 0) is 48.9 Å². The van der Waals surface area contributed by atoms with Crippen molar-refractivity contribution >= 4 is 44.2 Å². The smallest absolute Gasteiger partial charge is 0.263 e. The van der Waals surface area contributed by atoms with Crippen molar-refractivity contribution in [2.75, 3.05) is 28.0 Å². The summed E-state index contributed by atoms with van der Waals surface area (Å²) >= 11 is 1.29. The molecular weight excluding hydrogens is 418 g/mol. The van der Waals surface area contributed by atoms with Crippen LogP contribution in [0.5, 0.6) is 0 Å². The van der Waals surface area contributed by atoms with Gasteiger partial charge in [-0.25, -0.2) is 22.2 Å². The molecule has 0 amide bonds. The zero-order valence-corrected chi connectivity index (χ0v) is 16.8. The van der Waals surface area contributed by atoms with E-state index >= 15 is 0 Å². The fourth-order valence-electron chi connectivity index (χ4n) is 3.14. The Morgan fingerprint density at radius 1 is 1.17 bits per heavy atom. The molecule has 3 aromatic rings. The van der Waals surface area contributed by atoms with Gasteiger partial charge in [-0.15, -0.1) is 11.3 Å². The normalized spacial score (nSPS) is 16.8. The van der Waals surface area contributed by atoms with Crippen LogP contribution in [0.25, 0.3) is 0 Å². The monoisotopic (exact) mass is 436 g/mol. The molecule has 0 bridgehead atoms. The Morgan fingerprint density at radius 2 is 1.97 bits per heavy atom. The first-order chi connectivity index (χ1) is 13.9. The lowest BCUT2D eigenvalue weighted by atomic mass is 10.2. The molecule has 1 atom stereocenters. The van der Waals surface area contributed by atoms with Crippen LogP contribution < -0.4 is 14.9 Å². The first kappa shape index (κ1) is 19.6. The second kappa shape index (κ2) is 7.96. The molecule has 0 saturated carbocycles. The molecule has 1 fully saturated rings. The van der Waals surface area contributed by atoms with Gasteiger partial charge in [0.15, 0.2) is 5.82 Å². The van der Waals surface area contributed by atoms with Gasteiger partial charge in [0.2, 0.25) is 0 Å². The van der Waals surface area contributed by atoms with E-state index in [1.807, 2.05) is 0 Å². The Balaban J connectivity index is 1.54. The Labute approximate surface area is 171 Å². The number of anilines is 4. The molecular formula is C19H18F2N4O2S2. The SMILES string of the molecule is O=S(=O)(Nc1cscn1)c1ccc(Nc2ccc(F)cc2N2CCC(F)C2)cc1. The summed E-state index contributed by atoms with van der Waals surface area (Å²) in [6, 6.07) is 10.4. The van der Waals surface area contributed by atoms with E-state index in [1.54, 1.807) is 28.5 Å². The molecule has 2 N–H and O–H groups in total. The lowest BCUT2D eigenvalue weighted by molar-refractivity contribution is 0.364. The van der Waals surface area contributed by atoms with Crippen LogP contribution in [0.1, 0.15) is 6.42 Å². The number of sulfonamides is 1. The molecule has 1 aromatic heterocycles. The van der Waals surface area contributed by atoms with Crippen molar-refractivity contribution < 1.29 is 17.2 Å². The minimum Gasteiger partial charge on any atom is -0.367 e. The molecule has 2 aromatic carbocycles. The maximum atomic E-state index is 13.7. The van der Waals surface area contributed by atoms with Gasteiger partial charge < -0.3 is 10.2 Å². The quantitative estimate of drug-likeness (QED) is 0.600. The summed E-state index contributed by atoms with van der Waals surface area (Å²) in [4.78, 5) is 5.81. The van der Waals surface area contributed by atoms with E-state index in [-0.39, 0.29) is 17.3 Å². The second-order valence-corrected chi connectivity index (χ2v) is 9.02. The minimum absolute atomic E-state index is 0.0928. The average molecular weight is 437 g/mol. The Hall–Kier alpha value is -2.72. The fraction of sp³-hybridized carbons (Fsp3) is 0.211. The summed E-state index contributed by atoms with van der Waals surface area (Å²) in [6.45, 7) is 0.733. The van der Waals surface area contributed by atoms with E-state index in [0.29, 0.717) is 30.0 Å². The zero-order valence-electron chi connectivity index (χ0n) is 15.2. The highest BCUT2D eigenvalue weighted by Gasteiger charge is 2.24. The Kier molecular flexibility index (Phi) is 5.37. The summed E-state index contributed by atoms with van der Waals surface area (Å²) < 4.78 is 54.6. The van der Waals surface area contributed by atoms with E-state index in [9.17, 15) is 17.2 Å². The highest BCUT2D eigenvalue weighted by atomic mass is 32.2. The number of alkyl halides is 1. The van der Waals surface area contributed by atoms with Crippen LogP contribution in [0, 0.1) is 5.82 Å². The van der Waals surface area contributed by atoms with Crippen LogP contribution in [0.4, 0.5) is 31.7 Å². The molecule has 0 spiro atoms. The standard InChI is InChI=1S/C19H18F2N4O2S2/c20-13-1-6-17(18(9-13)25-8-7-14(21)10-25)23-15-2-4-16(5-3-15)29(26,27)24-19-11-28-12-22-19/h1-6,9,11-12,14,23-24H,7-8,10H2. The summed E-state index contributed by atoms with van der Waals surface area (Å²) in [5.74, 6) is -0.132. The maximum absolute atomic E-state index is 13.7. The van der Waals surface area contributed by atoms with Gasteiger partial charge in [0.1, 0.15) is 12.0 Å². The number of hydrogen-bond donors (Lipinski definition) is 2. The topological polar surface area (TPSA) is 74.3 Å². The number of aromatic nitrogens is 1. The predicted molar refractivity (Wildman–Crippen MR) is 111 cm³/mol. The van der Waals surface area contributed by atoms with E-state index in [0.717, 1.165) is 0 Å². The summed E-state index contributed by atoms with van der Waals surface area (Å²) in [6.07, 6.45) is -0.519. The molecule has 1 aliphatic heterocycles. The van der Waals surface area contributed by atoms with Crippen LogP contribution in [0.3, 0.4) is 0 Å². The van der Waals surface area contributed by atoms with Crippen molar-refractivity contribution in [3.63, 3.8) is 0 Å². The van der Waals surface area contributed by atoms with Gasteiger partial charge >= 0.3 is 0 Å². The molecule has 29 heavy (non-hydrogen) atoms. The van der Waals surface area contributed by atoms with Crippen LogP contribution in [-0.4, -0.2) is 32.7 Å². The average Bonchev–Trinajstić information content (AvgIpc) is 3.35. The molecule has 1 aliphatic rings. The van der Waals surface area contributed by atoms with Gasteiger partial charge in [-0.1, -0.05) is 0 Å². The molecule has 0 radical (unpaired) electrons. The van der Waals surface area contributed by atoms with E-state index in [4.69, 9.17) is 0 Å². The van der Waals surface area contributed by atoms with Crippen molar-refractivity contribution in [2.24, 2.45) is 0 Å². The molecule has 6 nitrogen and oxygen atoms in total. The van der Waals surface area contributed by atoms with Crippen molar-refractivity contribution in [3.05, 3.63) is 59.2 Å². The fourth-order valence-corrected chi connectivity index (χ4v) is 4.70. The van der Waals surface area contributed by atoms with Crippen LogP contribution in [-0.2, 0) is 10.0 Å². The molecule has 0 aliphatic carbocycles. The van der Waals surface area contributed by atoms with E-state index in [2.05, 4.69) is 15.0 Å². The lowest BCUT2D eigenvalue weighted by Gasteiger charge is -2.22. The van der Waals surface area contributed by atoms with Crippen molar-refractivity contribution in [1.82, 2.24) is 4.98 Å². The Bertz CT molecular complexity index is 1090. The third-order valence-electron chi connectivity index (χ3n) is 4.55. The number of nitrogens with one attached hydrogen (secondary N) is 2. The zero-order chi connectivity index (χ0) is 20.4. The number of hydrogen-bond acceptors (Lipinski definition) is 6. The highest BCUT2D eigenvalue weighted by molar-refractivity contribution is 7.92. The number of thiazole rings is 1. The maximum Gasteiger partial charge on any atom is 0.263 e. The number of rotatable bonds is 6. The summed E-state index contributed by atoms with van der Waals surface area (Å²) in [7, 11) is -3.74.